The van der Waals surface area contributed by atoms with Gasteiger partial charge in [-0.05, 0) is 56.0 Å². The molecule has 1 aromatic carbocycles. The van der Waals surface area contributed by atoms with Crippen molar-refractivity contribution in [2.24, 2.45) is 5.92 Å². The molecule has 1 aliphatic rings. The lowest BCUT2D eigenvalue weighted by atomic mass is 10.0. The number of halogens is 1. The minimum atomic E-state index is 0.388. The number of nitrogens with one attached hydrogen (secondary N) is 1. The van der Waals surface area contributed by atoms with E-state index in [0.29, 0.717) is 6.04 Å². The SMILES string of the molecule is CCNC(C)c1cc(Br)ccc1N(C)CC1CCCC1. The van der Waals surface area contributed by atoms with E-state index in [9.17, 15) is 0 Å². The van der Waals surface area contributed by atoms with Crippen molar-refractivity contribution in [1.29, 1.82) is 0 Å². The maximum Gasteiger partial charge on any atom is 0.0412 e. The molecule has 0 aromatic heterocycles. The lowest BCUT2D eigenvalue weighted by Gasteiger charge is -2.28. The molecule has 0 spiro atoms. The average molecular weight is 339 g/mol. The fraction of sp³-hybridized carbons (Fsp3) is 0.647. The van der Waals surface area contributed by atoms with Crippen LogP contribution in [0, 0.1) is 5.92 Å². The largest absolute Gasteiger partial charge is 0.374 e. The number of rotatable bonds is 6. The average Bonchev–Trinajstić information content (AvgIpc) is 2.91. The highest BCUT2D eigenvalue weighted by Gasteiger charge is 2.19. The molecule has 0 heterocycles. The Morgan fingerprint density at radius 3 is 2.70 bits per heavy atom. The Bertz CT molecular complexity index is 427. The van der Waals surface area contributed by atoms with Crippen molar-refractivity contribution in [2.75, 3.05) is 25.0 Å². The summed E-state index contributed by atoms with van der Waals surface area (Å²) in [7, 11) is 2.24. The van der Waals surface area contributed by atoms with Crippen LogP contribution in [0.15, 0.2) is 22.7 Å². The Hall–Kier alpha value is -0.540. The lowest BCUT2D eigenvalue weighted by molar-refractivity contribution is 0.542. The quantitative estimate of drug-likeness (QED) is 0.805. The molecule has 2 nitrogen and oxygen atoms in total. The maximum absolute atomic E-state index is 3.61. The molecule has 1 N–H and O–H groups in total. The Morgan fingerprint density at radius 1 is 1.35 bits per heavy atom. The highest BCUT2D eigenvalue weighted by Crippen LogP contribution is 2.32. The van der Waals surface area contributed by atoms with E-state index < -0.39 is 0 Å². The summed E-state index contributed by atoms with van der Waals surface area (Å²) in [5, 5.41) is 3.53. The molecule has 1 aromatic rings. The number of hydrogen-bond acceptors (Lipinski definition) is 2. The Kier molecular flexibility index (Phi) is 5.91. The zero-order valence-electron chi connectivity index (χ0n) is 13.0. The molecule has 0 bridgehead atoms. The standard InChI is InChI=1S/C17H27BrN2/c1-4-19-13(2)16-11-15(18)9-10-17(16)20(3)12-14-7-5-6-8-14/h9-11,13-14,19H,4-8,12H2,1-3H3. The summed E-state index contributed by atoms with van der Waals surface area (Å²) < 4.78 is 1.16. The van der Waals surface area contributed by atoms with Crippen LogP contribution in [0.1, 0.15) is 51.1 Å². The van der Waals surface area contributed by atoms with E-state index in [-0.39, 0.29) is 0 Å². The van der Waals surface area contributed by atoms with Gasteiger partial charge in [-0.25, -0.2) is 0 Å². The molecule has 1 fully saturated rings. The van der Waals surface area contributed by atoms with Gasteiger partial charge in [-0.1, -0.05) is 35.7 Å². The third kappa shape index (κ3) is 3.98. The minimum Gasteiger partial charge on any atom is -0.374 e. The van der Waals surface area contributed by atoms with Crippen LogP contribution in [0.3, 0.4) is 0 Å². The van der Waals surface area contributed by atoms with Gasteiger partial charge in [-0.2, -0.15) is 0 Å². The number of benzene rings is 1. The molecule has 1 unspecified atom stereocenters. The molecule has 1 aliphatic carbocycles. The first-order valence-corrected chi connectivity index (χ1v) is 8.65. The molecule has 0 aliphatic heterocycles. The van der Waals surface area contributed by atoms with Gasteiger partial charge in [-0.3, -0.25) is 0 Å². The second-order valence-electron chi connectivity index (χ2n) is 6.01. The van der Waals surface area contributed by atoms with Crippen LogP contribution in [0.5, 0.6) is 0 Å². The lowest BCUT2D eigenvalue weighted by Crippen LogP contribution is -2.27. The Balaban J connectivity index is 2.15. The van der Waals surface area contributed by atoms with Gasteiger partial charge in [0.1, 0.15) is 0 Å². The summed E-state index contributed by atoms with van der Waals surface area (Å²) in [5.74, 6) is 0.880. The molecular formula is C17H27BrN2. The molecule has 2 rings (SSSR count). The van der Waals surface area contributed by atoms with E-state index in [0.717, 1.165) is 16.9 Å². The fourth-order valence-corrected chi connectivity index (χ4v) is 3.69. The summed E-state index contributed by atoms with van der Waals surface area (Å²) in [6, 6.07) is 7.05. The number of anilines is 1. The summed E-state index contributed by atoms with van der Waals surface area (Å²) in [6.07, 6.45) is 5.64. The highest BCUT2D eigenvalue weighted by atomic mass is 79.9. The molecule has 1 saturated carbocycles. The summed E-state index contributed by atoms with van der Waals surface area (Å²) >= 11 is 3.61. The smallest absolute Gasteiger partial charge is 0.0412 e. The third-order valence-electron chi connectivity index (χ3n) is 4.38. The fourth-order valence-electron chi connectivity index (χ4n) is 3.31. The van der Waals surface area contributed by atoms with Crippen LogP contribution in [-0.4, -0.2) is 20.1 Å². The predicted octanol–water partition coefficient (Wildman–Crippen LogP) is 4.75. The molecule has 112 valence electrons. The monoisotopic (exact) mass is 338 g/mol. The molecule has 0 amide bonds. The molecular weight excluding hydrogens is 312 g/mol. The van der Waals surface area contributed by atoms with Crippen LogP contribution in [0.4, 0.5) is 5.69 Å². The van der Waals surface area contributed by atoms with Crippen molar-refractivity contribution in [2.45, 2.75) is 45.6 Å². The van der Waals surface area contributed by atoms with Crippen LogP contribution >= 0.6 is 15.9 Å². The Labute approximate surface area is 132 Å². The van der Waals surface area contributed by atoms with Crippen molar-refractivity contribution in [3.8, 4) is 0 Å². The van der Waals surface area contributed by atoms with Gasteiger partial charge in [0.05, 0.1) is 0 Å². The van der Waals surface area contributed by atoms with Crippen molar-refractivity contribution in [3.63, 3.8) is 0 Å². The third-order valence-corrected chi connectivity index (χ3v) is 4.88. The Morgan fingerprint density at radius 2 is 2.05 bits per heavy atom. The number of hydrogen-bond donors (Lipinski definition) is 1. The van der Waals surface area contributed by atoms with Crippen LogP contribution in [0.25, 0.3) is 0 Å². The molecule has 1 atom stereocenters. The van der Waals surface area contributed by atoms with Crippen molar-refractivity contribution < 1.29 is 0 Å². The van der Waals surface area contributed by atoms with Gasteiger partial charge in [0.15, 0.2) is 0 Å². The van der Waals surface area contributed by atoms with Gasteiger partial charge in [-0.15, -0.1) is 0 Å². The zero-order valence-corrected chi connectivity index (χ0v) is 14.5. The van der Waals surface area contributed by atoms with E-state index in [2.05, 4.69) is 65.2 Å². The molecule has 0 radical (unpaired) electrons. The second-order valence-corrected chi connectivity index (χ2v) is 6.93. The summed E-state index contributed by atoms with van der Waals surface area (Å²) in [4.78, 5) is 2.45. The normalized spacial score (nSPS) is 17.4. The van der Waals surface area contributed by atoms with E-state index in [1.165, 1.54) is 43.5 Å². The molecule has 3 heteroatoms. The van der Waals surface area contributed by atoms with E-state index in [4.69, 9.17) is 0 Å². The first-order chi connectivity index (χ1) is 9.61. The van der Waals surface area contributed by atoms with E-state index in [1.54, 1.807) is 0 Å². The minimum absolute atomic E-state index is 0.388. The first-order valence-electron chi connectivity index (χ1n) is 7.85. The van der Waals surface area contributed by atoms with Gasteiger partial charge >= 0.3 is 0 Å². The van der Waals surface area contributed by atoms with Crippen LogP contribution in [-0.2, 0) is 0 Å². The van der Waals surface area contributed by atoms with Crippen LogP contribution in [0.2, 0.25) is 0 Å². The number of nitrogens with zero attached hydrogens (tertiary/aromatic N) is 1. The van der Waals surface area contributed by atoms with Gasteiger partial charge in [0.2, 0.25) is 0 Å². The van der Waals surface area contributed by atoms with Gasteiger partial charge < -0.3 is 10.2 Å². The molecule has 0 saturated heterocycles. The highest BCUT2D eigenvalue weighted by molar-refractivity contribution is 9.10. The van der Waals surface area contributed by atoms with Gasteiger partial charge in [0, 0.05) is 29.8 Å². The van der Waals surface area contributed by atoms with E-state index >= 15 is 0 Å². The zero-order chi connectivity index (χ0) is 14.5. The summed E-state index contributed by atoms with van der Waals surface area (Å²) in [6.45, 7) is 6.60. The van der Waals surface area contributed by atoms with E-state index in [1.807, 2.05) is 0 Å². The molecule has 20 heavy (non-hydrogen) atoms. The van der Waals surface area contributed by atoms with Crippen molar-refractivity contribution in [3.05, 3.63) is 28.2 Å². The second kappa shape index (κ2) is 7.46. The van der Waals surface area contributed by atoms with Gasteiger partial charge in [0.25, 0.3) is 0 Å². The first kappa shape index (κ1) is 15.8. The topological polar surface area (TPSA) is 15.3 Å². The maximum atomic E-state index is 3.61. The summed E-state index contributed by atoms with van der Waals surface area (Å²) in [5.41, 5.74) is 2.76. The van der Waals surface area contributed by atoms with Crippen LogP contribution < -0.4 is 10.2 Å². The van der Waals surface area contributed by atoms with Crippen molar-refractivity contribution in [1.82, 2.24) is 5.32 Å². The predicted molar refractivity (Wildman–Crippen MR) is 91.5 cm³/mol. The van der Waals surface area contributed by atoms with Crippen molar-refractivity contribution >= 4 is 21.6 Å².